The molecular formula is C19H17N3O3. The third kappa shape index (κ3) is 2.61. The number of rotatable bonds is 3. The SMILES string of the molecule is COc1cc(C2CC(=O)Nc3n[nH]c(-c4ccccc4)c32)ccc1O. The number of carbonyl (C=O) groups is 1. The molecule has 1 aliphatic heterocycles. The zero-order valence-corrected chi connectivity index (χ0v) is 13.6. The van der Waals surface area contributed by atoms with Gasteiger partial charge in [0.05, 0.1) is 12.8 Å². The van der Waals surface area contributed by atoms with E-state index >= 15 is 0 Å². The van der Waals surface area contributed by atoms with Gasteiger partial charge >= 0.3 is 0 Å². The third-order valence-corrected chi connectivity index (χ3v) is 4.47. The fraction of sp³-hybridized carbons (Fsp3) is 0.158. The molecule has 6 nitrogen and oxygen atoms in total. The molecule has 6 heteroatoms. The quantitative estimate of drug-likeness (QED) is 0.685. The van der Waals surface area contributed by atoms with Gasteiger partial charge in [0.15, 0.2) is 17.3 Å². The van der Waals surface area contributed by atoms with Gasteiger partial charge in [-0.25, -0.2) is 0 Å². The number of hydrogen-bond acceptors (Lipinski definition) is 4. The largest absolute Gasteiger partial charge is 0.504 e. The topological polar surface area (TPSA) is 87.2 Å². The average Bonchev–Trinajstić information content (AvgIpc) is 3.06. The van der Waals surface area contributed by atoms with Crippen LogP contribution in [-0.4, -0.2) is 28.3 Å². The maximum Gasteiger partial charge on any atom is 0.226 e. The molecule has 1 aromatic heterocycles. The first-order valence-corrected chi connectivity index (χ1v) is 7.98. The average molecular weight is 335 g/mol. The highest BCUT2D eigenvalue weighted by Crippen LogP contribution is 2.43. The number of phenols is 1. The van der Waals surface area contributed by atoms with Crippen molar-refractivity contribution in [3.63, 3.8) is 0 Å². The van der Waals surface area contributed by atoms with Gasteiger partial charge < -0.3 is 15.2 Å². The Balaban J connectivity index is 1.86. The first-order valence-electron chi connectivity index (χ1n) is 7.98. The summed E-state index contributed by atoms with van der Waals surface area (Å²) in [6.45, 7) is 0. The first-order chi connectivity index (χ1) is 12.2. The van der Waals surface area contributed by atoms with Gasteiger partial charge in [0, 0.05) is 17.9 Å². The number of aromatic amines is 1. The highest BCUT2D eigenvalue weighted by molar-refractivity contribution is 5.96. The molecule has 0 saturated heterocycles. The number of aromatic nitrogens is 2. The molecule has 3 N–H and O–H groups in total. The summed E-state index contributed by atoms with van der Waals surface area (Å²) in [5.41, 5.74) is 3.72. The molecule has 3 aromatic rings. The summed E-state index contributed by atoms with van der Waals surface area (Å²) >= 11 is 0. The smallest absolute Gasteiger partial charge is 0.226 e. The van der Waals surface area contributed by atoms with E-state index in [-0.39, 0.29) is 17.6 Å². The number of anilines is 1. The summed E-state index contributed by atoms with van der Waals surface area (Å²) in [6.07, 6.45) is 0.306. The molecule has 0 spiro atoms. The Morgan fingerprint density at radius 2 is 2.00 bits per heavy atom. The second kappa shape index (κ2) is 5.98. The van der Waals surface area contributed by atoms with E-state index in [2.05, 4.69) is 15.5 Å². The number of methoxy groups -OCH3 is 1. The highest BCUT2D eigenvalue weighted by atomic mass is 16.5. The van der Waals surface area contributed by atoms with E-state index in [4.69, 9.17) is 4.74 Å². The van der Waals surface area contributed by atoms with Crippen LogP contribution in [0.5, 0.6) is 11.5 Å². The Labute approximate surface area is 144 Å². The lowest BCUT2D eigenvalue weighted by Crippen LogP contribution is -2.23. The van der Waals surface area contributed by atoms with Gasteiger partial charge in [0.1, 0.15) is 0 Å². The molecule has 126 valence electrons. The monoisotopic (exact) mass is 335 g/mol. The first kappa shape index (κ1) is 15.3. The number of ether oxygens (including phenoxy) is 1. The van der Waals surface area contributed by atoms with Crippen molar-refractivity contribution in [1.29, 1.82) is 0 Å². The van der Waals surface area contributed by atoms with Gasteiger partial charge in [-0.3, -0.25) is 9.89 Å². The number of nitrogens with one attached hydrogen (secondary N) is 2. The van der Waals surface area contributed by atoms with E-state index in [1.807, 2.05) is 36.4 Å². The molecule has 1 atom stereocenters. The van der Waals surface area contributed by atoms with E-state index in [0.717, 1.165) is 22.4 Å². The molecular weight excluding hydrogens is 318 g/mol. The van der Waals surface area contributed by atoms with E-state index in [1.165, 1.54) is 7.11 Å². The molecule has 2 heterocycles. The summed E-state index contributed by atoms with van der Waals surface area (Å²) in [7, 11) is 1.51. The van der Waals surface area contributed by atoms with Crippen LogP contribution >= 0.6 is 0 Å². The predicted molar refractivity (Wildman–Crippen MR) is 93.8 cm³/mol. The van der Waals surface area contributed by atoms with Crippen LogP contribution in [0.2, 0.25) is 0 Å². The Morgan fingerprint density at radius 1 is 1.20 bits per heavy atom. The van der Waals surface area contributed by atoms with Gasteiger partial charge in [0.2, 0.25) is 5.91 Å². The minimum absolute atomic E-state index is 0.0715. The van der Waals surface area contributed by atoms with E-state index in [9.17, 15) is 9.90 Å². The molecule has 1 unspecified atom stereocenters. The van der Waals surface area contributed by atoms with Crippen molar-refractivity contribution >= 4 is 11.7 Å². The lowest BCUT2D eigenvalue weighted by atomic mass is 9.84. The van der Waals surface area contributed by atoms with Crippen LogP contribution in [0.1, 0.15) is 23.5 Å². The van der Waals surface area contributed by atoms with Crippen LogP contribution in [0, 0.1) is 0 Å². The van der Waals surface area contributed by atoms with Crippen LogP contribution in [0.3, 0.4) is 0 Å². The fourth-order valence-corrected chi connectivity index (χ4v) is 3.28. The number of hydrogen-bond donors (Lipinski definition) is 3. The second-order valence-electron chi connectivity index (χ2n) is 5.96. The second-order valence-corrected chi connectivity index (χ2v) is 5.96. The van der Waals surface area contributed by atoms with Crippen molar-refractivity contribution in [2.45, 2.75) is 12.3 Å². The molecule has 4 rings (SSSR count). The minimum atomic E-state index is -0.174. The number of H-pyrrole nitrogens is 1. The maximum absolute atomic E-state index is 12.1. The molecule has 2 aromatic carbocycles. The lowest BCUT2D eigenvalue weighted by Gasteiger charge is -2.24. The van der Waals surface area contributed by atoms with Crippen LogP contribution < -0.4 is 10.1 Å². The van der Waals surface area contributed by atoms with Crippen molar-refractivity contribution in [3.05, 3.63) is 59.7 Å². The van der Waals surface area contributed by atoms with E-state index < -0.39 is 0 Å². The molecule has 1 aliphatic rings. The van der Waals surface area contributed by atoms with Crippen LogP contribution in [0.25, 0.3) is 11.3 Å². The summed E-state index contributed by atoms with van der Waals surface area (Å²) in [5, 5.41) is 20.0. The van der Waals surface area contributed by atoms with E-state index in [1.54, 1.807) is 12.1 Å². The van der Waals surface area contributed by atoms with Crippen LogP contribution in [-0.2, 0) is 4.79 Å². The van der Waals surface area contributed by atoms with Gasteiger partial charge in [-0.15, -0.1) is 0 Å². The number of phenolic OH excluding ortho intramolecular Hbond substituents is 1. The Morgan fingerprint density at radius 3 is 2.76 bits per heavy atom. The predicted octanol–water partition coefficient (Wildman–Crippen LogP) is 3.27. The summed E-state index contributed by atoms with van der Waals surface area (Å²) in [6, 6.07) is 15.0. The van der Waals surface area contributed by atoms with Crippen molar-refractivity contribution < 1.29 is 14.6 Å². The lowest BCUT2D eigenvalue weighted by molar-refractivity contribution is -0.116. The zero-order chi connectivity index (χ0) is 17.4. The number of nitrogens with zero attached hydrogens (tertiary/aromatic N) is 1. The number of fused-ring (bicyclic) bond motifs is 1. The van der Waals surface area contributed by atoms with Crippen LogP contribution in [0.15, 0.2) is 48.5 Å². The van der Waals surface area contributed by atoms with Crippen molar-refractivity contribution in [2.75, 3.05) is 12.4 Å². The van der Waals surface area contributed by atoms with Crippen molar-refractivity contribution in [1.82, 2.24) is 10.2 Å². The maximum atomic E-state index is 12.1. The molecule has 0 fully saturated rings. The van der Waals surface area contributed by atoms with E-state index in [0.29, 0.717) is 18.0 Å². The molecule has 0 radical (unpaired) electrons. The van der Waals surface area contributed by atoms with Gasteiger partial charge in [-0.2, -0.15) is 5.10 Å². The molecule has 0 bridgehead atoms. The Hall–Kier alpha value is -3.28. The normalized spacial score (nSPS) is 16.2. The number of aromatic hydroxyl groups is 1. The third-order valence-electron chi connectivity index (χ3n) is 4.47. The summed E-state index contributed by atoms with van der Waals surface area (Å²) in [4.78, 5) is 12.1. The number of amides is 1. The molecule has 1 amide bonds. The fourth-order valence-electron chi connectivity index (χ4n) is 3.28. The summed E-state index contributed by atoms with van der Waals surface area (Å²) < 4.78 is 5.21. The minimum Gasteiger partial charge on any atom is -0.504 e. The molecule has 0 aliphatic carbocycles. The standard InChI is InChI=1S/C19H17N3O3/c1-25-15-9-12(7-8-14(15)23)13-10-16(24)20-19-17(13)18(21-22-19)11-5-3-2-4-6-11/h2-9,13,23H,10H2,1H3,(H2,20,21,22,24). The van der Waals surface area contributed by atoms with Gasteiger partial charge in [-0.05, 0) is 23.3 Å². The van der Waals surface area contributed by atoms with Gasteiger partial charge in [-0.1, -0.05) is 36.4 Å². The van der Waals surface area contributed by atoms with Crippen molar-refractivity contribution in [2.24, 2.45) is 0 Å². The van der Waals surface area contributed by atoms with Crippen molar-refractivity contribution in [3.8, 4) is 22.8 Å². The number of benzene rings is 2. The zero-order valence-electron chi connectivity index (χ0n) is 13.6. The molecule has 25 heavy (non-hydrogen) atoms. The highest BCUT2D eigenvalue weighted by Gasteiger charge is 2.32. The Bertz CT molecular complexity index is 934. The molecule has 0 saturated carbocycles. The van der Waals surface area contributed by atoms with Gasteiger partial charge in [0.25, 0.3) is 0 Å². The Kier molecular flexibility index (Phi) is 3.65. The number of carbonyl (C=O) groups excluding carboxylic acids is 1. The van der Waals surface area contributed by atoms with Crippen LogP contribution in [0.4, 0.5) is 5.82 Å². The summed E-state index contributed by atoms with van der Waals surface area (Å²) in [5.74, 6) is 0.743.